The van der Waals surface area contributed by atoms with Crippen molar-refractivity contribution in [2.75, 3.05) is 6.54 Å². The van der Waals surface area contributed by atoms with Crippen LogP contribution in [0.25, 0.3) is 11.5 Å². The molecule has 28 heavy (non-hydrogen) atoms. The van der Waals surface area contributed by atoms with E-state index in [1.54, 1.807) is 12.5 Å². The van der Waals surface area contributed by atoms with Crippen molar-refractivity contribution in [2.24, 2.45) is 0 Å². The molecule has 0 bridgehead atoms. The van der Waals surface area contributed by atoms with E-state index in [9.17, 15) is 4.79 Å². The number of amides is 2. The molecule has 1 aliphatic rings. The van der Waals surface area contributed by atoms with Gasteiger partial charge in [0.05, 0.1) is 18.6 Å². The minimum absolute atomic E-state index is 0.0282. The molecule has 7 heteroatoms. The zero-order valence-corrected chi connectivity index (χ0v) is 15.8. The van der Waals surface area contributed by atoms with Gasteiger partial charge in [0.1, 0.15) is 6.26 Å². The number of carbonyl (C=O) groups is 1. The first-order valence-corrected chi connectivity index (χ1v) is 9.79. The summed E-state index contributed by atoms with van der Waals surface area (Å²) >= 11 is 0. The van der Waals surface area contributed by atoms with Crippen LogP contribution in [0, 0.1) is 0 Å². The quantitative estimate of drug-likeness (QED) is 0.709. The van der Waals surface area contributed by atoms with Crippen LogP contribution in [-0.4, -0.2) is 38.1 Å². The van der Waals surface area contributed by atoms with Gasteiger partial charge in [-0.25, -0.2) is 14.8 Å². The summed E-state index contributed by atoms with van der Waals surface area (Å²) in [6.45, 7) is 2.03. The molecule has 146 valence electrons. The second-order valence-corrected chi connectivity index (χ2v) is 7.10. The molecule has 1 aliphatic heterocycles. The van der Waals surface area contributed by atoms with Gasteiger partial charge >= 0.3 is 6.03 Å². The molecule has 2 aromatic heterocycles. The number of carbonyl (C=O) groups excluding carboxylic acids is 1. The van der Waals surface area contributed by atoms with Crippen LogP contribution in [0.3, 0.4) is 0 Å². The van der Waals surface area contributed by atoms with Gasteiger partial charge in [0.2, 0.25) is 5.89 Å². The highest BCUT2D eigenvalue weighted by Crippen LogP contribution is 2.21. The Hall–Kier alpha value is -3.09. The number of aryl methyl sites for hydroxylation is 1. The molecule has 3 heterocycles. The summed E-state index contributed by atoms with van der Waals surface area (Å²) < 4.78 is 7.61. The van der Waals surface area contributed by atoms with Crippen LogP contribution < -0.4 is 5.32 Å². The summed E-state index contributed by atoms with van der Waals surface area (Å²) in [7, 11) is 0. The number of imidazole rings is 1. The molecule has 0 aliphatic carbocycles. The number of benzene rings is 1. The van der Waals surface area contributed by atoms with E-state index < -0.39 is 0 Å². The highest BCUT2D eigenvalue weighted by Gasteiger charge is 2.26. The van der Waals surface area contributed by atoms with E-state index in [0.29, 0.717) is 12.4 Å². The van der Waals surface area contributed by atoms with Crippen LogP contribution in [0.4, 0.5) is 4.79 Å². The number of aromatic nitrogens is 3. The molecule has 0 radical (unpaired) electrons. The lowest BCUT2D eigenvalue weighted by Crippen LogP contribution is -2.48. The Morgan fingerprint density at radius 3 is 2.96 bits per heavy atom. The Balaban J connectivity index is 1.32. The normalized spacial score (nSPS) is 16.9. The summed E-state index contributed by atoms with van der Waals surface area (Å²) in [4.78, 5) is 23.3. The standard InChI is InChI=1S/C21H25N5O2/c27-21(23-14-18-15-28-20(24-18)17-6-2-1-3-7-17)26-11-5-4-8-19(26)9-12-25-13-10-22-16-25/h1-3,6-7,10,13,15-16,19H,4-5,8-9,11-12,14H2,(H,23,27). The van der Waals surface area contributed by atoms with Crippen LogP contribution >= 0.6 is 0 Å². The average molecular weight is 379 g/mol. The number of rotatable bonds is 6. The third-order valence-electron chi connectivity index (χ3n) is 5.16. The molecule has 0 saturated carbocycles. The van der Waals surface area contributed by atoms with Crippen molar-refractivity contribution in [1.29, 1.82) is 0 Å². The number of hydrogen-bond acceptors (Lipinski definition) is 4. The van der Waals surface area contributed by atoms with Gasteiger partial charge in [-0.3, -0.25) is 0 Å². The predicted octanol–water partition coefficient (Wildman–Crippen LogP) is 3.69. The number of hydrogen-bond donors (Lipinski definition) is 1. The molecule has 2 amide bonds. The van der Waals surface area contributed by atoms with Crippen molar-refractivity contribution in [2.45, 2.75) is 44.8 Å². The second kappa shape index (κ2) is 8.73. The lowest BCUT2D eigenvalue weighted by molar-refractivity contribution is 0.143. The van der Waals surface area contributed by atoms with Gasteiger partial charge in [0.25, 0.3) is 0 Å². The van der Waals surface area contributed by atoms with Gasteiger partial charge < -0.3 is 19.2 Å². The van der Waals surface area contributed by atoms with Crippen LogP contribution in [0.2, 0.25) is 0 Å². The molecule has 1 N–H and O–H groups in total. The van der Waals surface area contributed by atoms with Gasteiger partial charge in [-0.2, -0.15) is 0 Å². The minimum atomic E-state index is -0.0282. The summed E-state index contributed by atoms with van der Waals surface area (Å²) in [5.41, 5.74) is 1.65. The Morgan fingerprint density at radius 1 is 1.25 bits per heavy atom. The SMILES string of the molecule is O=C(NCc1coc(-c2ccccc2)n1)N1CCCCC1CCn1ccnc1. The first-order chi connectivity index (χ1) is 13.8. The van der Waals surface area contributed by atoms with E-state index in [-0.39, 0.29) is 12.1 Å². The minimum Gasteiger partial charge on any atom is -0.444 e. The van der Waals surface area contributed by atoms with E-state index in [2.05, 4.69) is 19.9 Å². The van der Waals surface area contributed by atoms with Gasteiger partial charge in [-0.1, -0.05) is 18.2 Å². The van der Waals surface area contributed by atoms with E-state index in [4.69, 9.17) is 4.42 Å². The lowest BCUT2D eigenvalue weighted by Gasteiger charge is -2.35. The van der Waals surface area contributed by atoms with Crippen molar-refractivity contribution in [1.82, 2.24) is 24.8 Å². The molecule has 1 saturated heterocycles. The molecule has 1 aromatic carbocycles. The fourth-order valence-electron chi connectivity index (χ4n) is 3.65. The average Bonchev–Trinajstić information content (AvgIpc) is 3.43. The fourth-order valence-corrected chi connectivity index (χ4v) is 3.65. The molecule has 0 spiro atoms. The zero-order valence-electron chi connectivity index (χ0n) is 15.8. The first-order valence-electron chi connectivity index (χ1n) is 9.79. The molecular weight excluding hydrogens is 354 g/mol. The topological polar surface area (TPSA) is 76.2 Å². The monoisotopic (exact) mass is 379 g/mol. The molecule has 1 unspecified atom stereocenters. The fraction of sp³-hybridized carbons (Fsp3) is 0.381. The van der Waals surface area contributed by atoms with Crippen LogP contribution in [0.1, 0.15) is 31.4 Å². The maximum absolute atomic E-state index is 12.8. The summed E-state index contributed by atoms with van der Waals surface area (Å²) in [6.07, 6.45) is 11.4. The number of nitrogens with zero attached hydrogens (tertiary/aromatic N) is 4. The largest absolute Gasteiger partial charge is 0.444 e. The van der Waals surface area contributed by atoms with Crippen molar-refractivity contribution in [3.8, 4) is 11.5 Å². The van der Waals surface area contributed by atoms with Crippen molar-refractivity contribution in [3.05, 3.63) is 61.0 Å². The van der Waals surface area contributed by atoms with Gasteiger partial charge in [-0.15, -0.1) is 0 Å². The number of piperidine rings is 1. The Labute approximate surface area is 164 Å². The Kier molecular flexibility index (Phi) is 5.70. The second-order valence-electron chi connectivity index (χ2n) is 7.10. The van der Waals surface area contributed by atoms with Gasteiger partial charge in [0, 0.05) is 37.1 Å². The Bertz CT molecular complexity index is 875. The summed E-state index contributed by atoms with van der Waals surface area (Å²) in [6, 6.07) is 9.98. The predicted molar refractivity (Wildman–Crippen MR) is 105 cm³/mol. The number of oxazole rings is 1. The van der Waals surface area contributed by atoms with Gasteiger partial charge in [0.15, 0.2) is 0 Å². The van der Waals surface area contributed by atoms with Gasteiger partial charge in [-0.05, 0) is 37.8 Å². The van der Waals surface area contributed by atoms with E-state index in [1.165, 1.54) is 6.42 Å². The Morgan fingerprint density at radius 2 is 2.14 bits per heavy atom. The zero-order chi connectivity index (χ0) is 19.2. The number of likely N-dealkylation sites (tertiary alicyclic amines) is 1. The van der Waals surface area contributed by atoms with Crippen LogP contribution in [0.15, 0.2) is 59.7 Å². The lowest BCUT2D eigenvalue weighted by atomic mass is 10.00. The smallest absolute Gasteiger partial charge is 0.317 e. The van der Waals surface area contributed by atoms with Crippen LogP contribution in [-0.2, 0) is 13.1 Å². The van der Waals surface area contributed by atoms with Crippen LogP contribution in [0.5, 0.6) is 0 Å². The molecule has 3 aromatic rings. The third kappa shape index (κ3) is 4.42. The van der Waals surface area contributed by atoms with Crippen molar-refractivity contribution >= 4 is 6.03 Å². The maximum atomic E-state index is 12.8. The van der Waals surface area contributed by atoms with Crippen molar-refractivity contribution in [3.63, 3.8) is 0 Å². The highest BCUT2D eigenvalue weighted by molar-refractivity contribution is 5.74. The molecule has 7 nitrogen and oxygen atoms in total. The highest BCUT2D eigenvalue weighted by atomic mass is 16.3. The summed E-state index contributed by atoms with van der Waals surface area (Å²) in [5, 5.41) is 3.00. The maximum Gasteiger partial charge on any atom is 0.317 e. The molecule has 1 atom stereocenters. The number of urea groups is 1. The summed E-state index contributed by atoms with van der Waals surface area (Å²) in [5.74, 6) is 0.570. The van der Waals surface area contributed by atoms with E-state index >= 15 is 0 Å². The number of nitrogens with one attached hydrogen (secondary N) is 1. The molecular formula is C21H25N5O2. The molecule has 1 fully saturated rings. The third-order valence-corrected chi connectivity index (χ3v) is 5.16. The van der Waals surface area contributed by atoms with Crippen molar-refractivity contribution < 1.29 is 9.21 Å². The van der Waals surface area contributed by atoms with E-state index in [0.717, 1.165) is 43.6 Å². The first kappa shape index (κ1) is 18.3. The molecule has 4 rings (SSSR count). The van der Waals surface area contributed by atoms with E-state index in [1.807, 2.05) is 47.8 Å².